The molecule has 0 saturated heterocycles. The highest BCUT2D eigenvalue weighted by atomic mass is 16.3. The van der Waals surface area contributed by atoms with Crippen LogP contribution >= 0.6 is 0 Å². The van der Waals surface area contributed by atoms with Crippen molar-refractivity contribution in [1.82, 2.24) is 20.6 Å². The number of aromatic hydroxyl groups is 1. The molecule has 0 atom stereocenters. The third-order valence-corrected chi connectivity index (χ3v) is 4.80. The number of phenols is 1. The second-order valence-corrected chi connectivity index (χ2v) is 7.49. The third-order valence-electron chi connectivity index (χ3n) is 4.80. The number of phenolic OH excluding ortho intramolecular Hbond substituents is 1. The summed E-state index contributed by atoms with van der Waals surface area (Å²) in [5.74, 6) is -0.334. The van der Waals surface area contributed by atoms with Crippen LogP contribution in [0.15, 0.2) is 21.7 Å². The second kappa shape index (κ2) is 8.50. The molecule has 0 fully saturated rings. The van der Waals surface area contributed by atoms with E-state index in [9.17, 15) is 24.6 Å². The molecule has 9 nitrogen and oxygen atoms in total. The molecule has 1 aromatic heterocycles. The molecule has 3 rings (SSSR count). The summed E-state index contributed by atoms with van der Waals surface area (Å²) in [5.41, 5.74) is -0.837. The number of hydrogen-bond donors (Lipinski definition) is 5. The summed E-state index contributed by atoms with van der Waals surface area (Å²) in [4.78, 5) is 44.7. The summed E-state index contributed by atoms with van der Waals surface area (Å²) in [6.07, 6.45) is 0.627. The fourth-order valence-corrected chi connectivity index (χ4v) is 3.19. The van der Waals surface area contributed by atoms with Crippen molar-refractivity contribution in [2.75, 3.05) is 19.6 Å². The average Bonchev–Trinajstić information content (AvgIpc) is 2.71. The van der Waals surface area contributed by atoms with Gasteiger partial charge in [0.15, 0.2) is 0 Å². The van der Waals surface area contributed by atoms with Crippen LogP contribution in [0.3, 0.4) is 0 Å². The van der Waals surface area contributed by atoms with Gasteiger partial charge in [-0.05, 0) is 31.5 Å². The predicted molar refractivity (Wildman–Crippen MR) is 115 cm³/mol. The maximum atomic E-state index is 12.7. The molecule has 0 unspecified atom stereocenters. The lowest BCUT2D eigenvalue weighted by atomic mass is 10.1. The van der Waals surface area contributed by atoms with Crippen LogP contribution in [0.5, 0.6) is 5.75 Å². The van der Waals surface area contributed by atoms with Crippen LogP contribution in [-0.4, -0.2) is 45.7 Å². The maximum Gasteiger partial charge on any atom is 0.253 e. The summed E-state index contributed by atoms with van der Waals surface area (Å²) < 4.78 is 0. The molecule has 0 aliphatic carbocycles. The Balaban J connectivity index is 2.10. The number of amides is 1. The van der Waals surface area contributed by atoms with Crippen LogP contribution in [0.2, 0.25) is 0 Å². The lowest BCUT2D eigenvalue weighted by molar-refractivity contribution is 0.0955. The number of nitrogens with one attached hydrogen (secondary N) is 3. The van der Waals surface area contributed by atoms with E-state index in [0.29, 0.717) is 25.3 Å². The van der Waals surface area contributed by atoms with Gasteiger partial charge in [-0.15, -0.1) is 0 Å². The highest BCUT2D eigenvalue weighted by molar-refractivity contribution is 6.06. The number of aromatic amines is 1. The molecule has 3 aromatic rings. The van der Waals surface area contributed by atoms with Gasteiger partial charge >= 0.3 is 0 Å². The Labute approximate surface area is 171 Å². The van der Waals surface area contributed by atoms with Crippen molar-refractivity contribution in [3.05, 3.63) is 48.9 Å². The Bertz CT molecular complexity index is 1300. The van der Waals surface area contributed by atoms with Crippen molar-refractivity contribution < 1.29 is 15.0 Å². The first-order chi connectivity index (χ1) is 14.3. The van der Waals surface area contributed by atoms with Gasteiger partial charge in [0, 0.05) is 18.7 Å². The number of aromatic nitrogens is 2. The monoisotopic (exact) mass is 412 g/mol. The quantitative estimate of drug-likeness (QED) is 0.292. The lowest BCUT2D eigenvalue weighted by Crippen LogP contribution is -2.33. The van der Waals surface area contributed by atoms with E-state index in [1.807, 2.05) is 0 Å². The van der Waals surface area contributed by atoms with E-state index in [2.05, 4.69) is 34.4 Å². The molecule has 158 valence electrons. The van der Waals surface area contributed by atoms with E-state index < -0.39 is 22.5 Å². The Morgan fingerprint density at radius 2 is 1.93 bits per heavy atom. The van der Waals surface area contributed by atoms with Crippen LogP contribution in [0.1, 0.15) is 29.8 Å². The van der Waals surface area contributed by atoms with Crippen LogP contribution in [-0.2, 0) is 0 Å². The molecule has 0 aliphatic rings. The molecule has 9 heteroatoms. The van der Waals surface area contributed by atoms with Gasteiger partial charge in [0.1, 0.15) is 22.3 Å². The fraction of sp³-hybridized carbons (Fsp3) is 0.333. The normalized spacial score (nSPS) is 12.2. The molecule has 0 saturated carbocycles. The predicted octanol–water partition coefficient (Wildman–Crippen LogP) is 0.441. The number of fused-ring (bicyclic) bond motifs is 2. The number of aliphatic hydroxyl groups excluding tert-OH is 1. The average molecular weight is 412 g/mol. The van der Waals surface area contributed by atoms with Crippen molar-refractivity contribution >= 4 is 34.2 Å². The van der Waals surface area contributed by atoms with Gasteiger partial charge in [0.05, 0.1) is 22.6 Å². The molecule has 1 heterocycles. The molecular weight excluding hydrogens is 388 g/mol. The van der Waals surface area contributed by atoms with Gasteiger partial charge in [0.2, 0.25) is 10.9 Å². The SMILES string of the molecule is Cc1c(O)/c(=C\O)c2nc3c(=O)ccc(C(=O)NCCNCC(C)C)c3[nH]c2c1=O. The number of H-pyrrole nitrogens is 1. The lowest BCUT2D eigenvalue weighted by Gasteiger charge is -2.11. The van der Waals surface area contributed by atoms with Crippen molar-refractivity contribution in [1.29, 1.82) is 0 Å². The first kappa shape index (κ1) is 21.3. The minimum Gasteiger partial charge on any atom is -0.515 e. The number of rotatable bonds is 6. The minimum atomic E-state index is -0.539. The van der Waals surface area contributed by atoms with Gasteiger partial charge < -0.3 is 25.8 Å². The summed E-state index contributed by atoms with van der Waals surface area (Å²) in [5, 5.41) is 25.6. The van der Waals surface area contributed by atoms with Crippen molar-refractivity contribution in [3.8, 4) is 5.75 Å². The van der Waals surface area contributed by atoms with E-state index in [-0.39, 0.29) is 38.4 Å². The highest BCUT2D eigenvalue weighted by Gasteiger charge is 2.18. The first-order valence-electron chi connectivity index (χ1n) is 9.61. The van der Waals surface area contributed by atoms with Crippen molar-refractivity contribution in [2.24, 2.45) is 5.92 Å². The zero-order valence-corrected chi connectivity index (χ0v) is 17.0. The minimum absolute atomic E-state index is 0.0145. The van der Waals surface area contributed by atoms with E-state index in [1.165, 1.54) is 19.1 Å². The van der Waals surface area contributed by atoms with Gasteiger partial charge in [-0.25, -0.2) is 4.98 Å². The van der Waals surface area contributed by atoms with E-state index in [0.717, 1.165) is 6.54 Å². The summed E-state index contributed by atoms with van der Waals surface area (Å²) in [6.45, 7) is 7.38. The Hall–Kier alpha value is -3.46. The zero-order chi connectivity index (χ0) is 22.0. The van der Waals surface area contributed by atoms with E-state index in [4.69, 9.17) is 0 Å². The first-order valence-corrected chi connectivity index (χ1v) is 9.61. The van der Waals surface area contributed by atoms with Crippen LogP contribution in [0.4, 0.5) is 0 Å². The summed E-state index contributed by atoms with van der Waals surface area (Å²) in [7, 11) is 0. The molecule has 0 bridgehead atoms. The molecule has 30 heavy (non-hydrogen) atoms. The largest absolute Gasteiger partial charge is 0.515 e. The molecule has 1 amide bonds. The third kappa shape index (κ3) is 3.84. The topological polar surface area (TPSA) is 144 Å². The van der Waals surface area contributed by atoms with Crippen LogP contribution < -0.4 is 26.7 Å². The van der Waals surface area contributed by atoms with Gasteiger partial charge in [0.25, 0.3) is 5.91 Å². The Kier molecular flexibility index (Phi) is 6.02. The molecule has 0 radical (unpaired) electrons. The molecule has 5 N–H and O–H groups in total. The number of benzene rings is 2. The fourth-order valence-electron chi connectivity index (χ4n) is 3.19. The number of hydrogen-bond acceptors (Lipinski definition) is 7. The molecule has 0 aliphatic heterocycles. The summed E-state index contributed by atoms with van der Waals surface area (Å²) in [6, 6.07) is 2.60. The van der Waals surface area contributed by atoms with Gasteiger partial charge in [-0.1, -0.05) is 13.8 Å². The smallest absolute Gasteiger partial charge is 0.253 e. The molecular formula is C21H24N4O5. The number of aliphatic hydroxyl groups is 1. The Morgan fingerprint density at radius 3 is 2.60 bits per heavy atom. The van der Waals surface area contributed by atoms with Crippen molar-refractivity contribution in [3.63, 3.8) is 0 Å². The van der Waals surface area contributed by atoms with E-state index in [1.54, 1.807) is 0 Å². The zero-order valence-electron chi connectivity index (χ0n) is 17.0. The second-order valence-electron chi connectivity index (χ2n) is 7.49. The van der Waals surface area contributed by atoms with E-state index >= 15 is 0 Å². The standard InChI is InChI=1S/C21H24N4O5/c1-10(2)8-22-6-7-23-21(30)12-4-5-14(27)17-15(12)25-18-16(24-17)13(9-26)19(28)11(3)20(18)29/h4-5,9-10,22,25-26,28H,6-8H2,1-3H3,(H,23,30)/b13-9-. The maximum absolute atomic E-state index is 12.7. The van der Waals surface area contributed by atoms with Gasteiger partial charge in [-0.2, -0.15) is 0 Å². The highest BCUT2D eigenvalue weighted by Crippen LogP contribution is 2.17. The van der Waals surface area contributed by atoms with Crippen LogP contribution in [0.25, 0.3) is 28.3 Å². The number of carbonyl (C=O) groups excluding carboxylic acids is 1. The molecule has 2 aromatic carbocycles. The molecule has 0 spiro atoms. The Morgan fingerprint density at radius 1 is 1.20 bits per heavy atom. The van der Waals surface area contributed by atoms with Crippen molar-refractivity contribution in [2.45, 2.75) is 20.8 Å². The number of carbonyl (C=O) groups is 1. The van der Waals surface area contributed by atoms with Gasteiger partial charge in [-0.3, -0.25) is 14.4 Å². The number of nitrogens with zero attached hydrogens (tertiary/aromatic N) is 1. The summed E-state index contributed by atoms with van der Waals surface area (Å²) >= 11 is 0. The van der Waals surface area contributed by atoms with Crippen LogP contribution in [0, 0.1) is 12.8 Å².